The van der Waals surface area contributed by atoms with Gasteiger partial charge in [-0.15, -0.1) is 0 Å². The number of aromatic amines is 1. The monoisotopic (exact) mass is 380 g/mol. The molecule has 144 valence electrons. The summed E-state index contributed by atoms with van der Waals surface area (Å²) < 4.78 is 19.2. The Labute approximate surface area is 161 Å². The van der Waals surface area contributed by atoms with Crippen LogP contribution in [-0.2, 0) is 4.79 Å². The highest BCUT2D eigenvalue weighted by Crippen LogP contribution is 2.38. The number of H-pyrrole nitrogens is 1. The second kappa shape index (κ2) is 6.51. The Hall–Kier alpha value is -3.09. The molecule has 2 N–H and O–H groups in total. The van der Waals surface area contributed by atoms with E-state index in [4.69, 9.17) is 4.74 Å². The Morgan fingerprint density at radius 2 is 2.21 bits per heavy atom. The standard InChI is InChI=1S/C21H21FN4O2/c1-12-23-17-10-14(26-7-2-3-20(26)27)11-18(21(17)24-12)25-16-6-8-28-19-9-13(22)4-5-15(16)19/h4-5,9-11,16,25H,2-3,6-8H2,1H3,(H,23,24). The molecule has 1 aromatic heterocycles. The molecule has 0 radical (unpaired) electrons. The van der Waals surface area contributed by atoms with Crippen LogP contribution in [0.25, 0.3) is 11.0 Å². The number of fused-ring (bicyclic) bond motifs is 2. The zero-order valence-corrected chi connectivity index (χ0v) is 15.6. The summed E-state index contributed by atoms with van der Waals surface area (Å²) in [5.41, 5.74) is 4.38. The highest BCUT2D eigenvalue weighted by Gasteiger charge is 2.26. The lowest BCUT2D eigenvalue weighted by atomic mass is 10.00. The number of carbonyl (C=O) groups excluding carboxylic acids is 1. The lowest BCUT2D eigenvalue weighted by Crippen LogP contribution is -2.24. The first-order chi connectivity index (χ1) is 13.6. The maximum Gasteiger partial charge on any atom is 0.227 e. The average molecular weight is 380 g/mol. The summed E-state index contributed by atoms with van der Waals surface area (Å²) in [6.07, 6.45) is 2.22. The normalized spacial score (nSPS) is 19.0. The summed E-state index contributed by atoms with van der Waals surface area (Å²) >= 11 is 0. The highest BCUT2D eigenvalue weighted by molar-refractivity contribution is 6.00. The SMILES string of the molecule is Cc1nc2c(NC3CCOc4cc(F)ccc43)cc(N3CCCC3=O)cc2[nH]1. The van der Waals surface area contributed by atoms with Gasteiger partial charge in [0, 0.05) is 36.7 Å². The van der Waals surface area contributed by atoms with E-state index in [-0.39, 0.29) is 17.8 Å². The third kappa shape index (κ3) is 2.87. The third-order valence-electron chi connectivity index (χ3n) is 5.42. The molecule has 1 unspecified atom stereocenters. The van der Waals surface area contributed by atoms with Crippen molar-refractivity contribution < 1.29 is 13.9 Å². The first-order valence-electron chi connectivity index (χ1n) is 9.58. The van der Waals surface area contributed by atoms with Gasteiger partial charge < -0.3 is 19.9 Å². The zero-order valence-electron chi connectivity index (χ0n) is 15.6. The molecule has 0 aliphatic carbocycles. The maximum absolute atomic E-state index is 13.6. The van der Waals surface area contributed by atoms with E-state index >= 15 is 0 Å². The van der Waals surface area contributed by atoms with Crippen molar-refractivity contribution >= 4 is 28.3 Å². The molecule has 7 heteroatoms. The molecule has 0 saturated carbocycles. The van der Waals surface area contributed by atoms with Gasteiger partial charge in [0.1, 0.15) is 22.9 Å². The van der Waals surface area contributed by atoms with E-state index in [0.29, 0.717) is 18.8 Å². The number of hydrogen-bond acceptors (Lipinski definition) is 4. The van der Waals surface area contributed by atoms with E-state index in [9.17, 15) is 9.18 Å². The van der Waals surface area contributed by atoms with Crippen molar-refractivity contribution in [1.29, 1.82) is 0 Å². The van der Waals surface area contributed by atoms with Crippen molar-refractivity contribution in [3.63, 3.8) is 0 Å². The number of halogens is 1. The second-order valence-corrected chi connectivity index (χ2v) is 7.38. The number of nitrogens with one attached hydrogen (secondary N) is 2. The van der Waals surface area contributed by atoms with E-state index in [1.165, 1.54) is 12.1 Å². The van der Waals surface area contributed by atoms with E-state index in [1.54, 1.807) is 6.07 Å². The molecule has 6 nitrogen and oxygen atoms in total. The van der Waals surface area contributed by atoms with Gasteiger partial charge in [-0.05, 0) is 31.5 Å². The highest BCUT2D eigenvalue weighted by atomic mass is 19.1. The molecule has 2 aliphatic heterocycles. The van der Waals surface area contributed by atoms with Crippen LogP contribution in [-0.4, -0.2) is 29.0 Å². The molecule has 1 saturated heterocycles. The van der Waals surface area contributed by atoms with Gasteiger partial charge in [-0.2, -0.15) is 0 Å². The summed E-state index contributed by atoms with van der Waals surface area (Å²) in [5.74, 6) is 1.23. The van der Waals surface area contributed by atoms with Crippen LogP contribution in [0.4, 0.5) is 15.8 Å². The number of aryl methyl sites for hydroxylation is 1. The van der Waals surface area contributed by atoms with Crippen molar-refractivity contribution in [2.75, 3.05) is 23.4 Å². The quantitative estimate of drug-likeness (QED) is 0.719. The minimum atomic E-state index is -0.306. The summed E-state index contributed by atoms with van der Waals surface area (Å²) in [5, 5.41) is 3.57. The van der Waals surface area contributed by atoms with E-state index in [2.05, 4.69) is 15.3 Å². The number of carbonyl (C=O) groups is 1. The Balaban J connectivity index is 1.56. The van der Waals surface area contributed by atoms with Crippen molar-refractivity contribution in [2.24, 2.45) is 0 Å². The number of imidazole rings is 1. The Morgan fingerprint density at radius 1 is 1.32 bits per heavy atom. The number of benzene rings is 2. The van der Waals surface area contributed by atoms with Gasteiger partial charge in [-0.25, -0.2) is 9.37 Å². The van der Waals surface area contributed by atoms with Gasteiger partial charge in [-0.1, -0.05) is 6.07 Å². The van der Waals surface area contributed by atoms with E-state index in [1.807, 2.05) is 24.0 Å². The second-order valence-electron chi connectivity index (χ2n) is 7.38. The molecule has 28 heavy (non-hydrogen) atoms. The van der Waals surface area contributed by atoms with Crippen molar-refractivity contribution in [3.8, 4) is 5.75 Å². The van der Waals surface area contributed by atoms with Crippen LogP contribution in [0.2, 0.25) is 0 Å². The molecule has 1 amide bonds. The van der Waals surface area contributed by atoms with Crippen molar-refractivity contribution in [2.45, 2.75) is 32.2 Å². The summed E-state index contributed by atoms with van der Waals surface area (Å²) in [4.78, 5) is 22.0. The largest absolute Gasteiger partial charge is 0.493 e. The van der Waals surface area contributed by atoms with E-state index < -0.39 is 0 Å². The number of nitrogens with zero attached hydrogens (tertiary/aromatic N) is 2. The Kier molecular flexibility index (Phi) is 3.96. The molecule has 2 aliphatic rings. The topological polar surface area (TPSA) is 70.2 Å². The van der Waals surface area contributed by atoms with Crippen molar-refractivity contribution in [1.82, 2.24) is 9.97 Å². The molecule has 3 aromatic rings. The first-order valence-corrected chi connectivity index (χ1v) is 9.58. The predicted molar refractivity (Wildman–Crippen MR) is 105 cm³/mol. The van der Waals surface area contributed by atoms with Gasteiger partial charge in [0.2, 0.25) is 5.91 Å². The fourth-order valence-electron chi connectivity index (χ4n) is 4.11. The van der Waals surface area contributed by atoms with Crippen LogP contribution < -0.4 is 15.0 Å². The van der Waals surface area contributed by atoms with Gasteiger partial charge in [0.05, 0.1) is 23.9 Å². The number of aromatic nitrogens is 2. The van der Waals surface area contributed by atoms with Gasteiger partial charge in [-0.3, -0.25) is 4.79 Å². The van der Waals surface area contributed by atoms with Gasteiger partial charge >= 0.3 is 0 Å². The average Bonchev–Trinajstić information content (AvgIpc) is 3.26. The molecule has 0 spiro atoms. The molecule has 5 rings (SSSR count). The zero-order chi connectivity index (χ0) is 19.3. The van der Waals surface area contributed by atoms with Crippen LogP contribution >= 0.6 is 0 Å². The molecule has 0 bridgehead atoms. The minimum Gasteiger partial charge on any atom is -0.493 e. The number of hydrogen-bond donors (Lipinski definition) is 2. The molecule has 3 heterocycles. The Bertz CT molecular complexity index is 1080. The number of rotatable bonds is 3. The third-order valence-corrected chi connectivity index (χ3v) is 5.42. The molecule has 2 aromatic carbocycles. The lowest BCUT2D eigenvalue weighted by Gasteiger charge is -2.28. The smallest absolute Gasteiger partial charge is 0.227 e. The van der Waals surface area contributed by atoms with Crippen LogP contribution in [0.3, 0.4) is 0 Å². The first kappa shape index (κ1) is 17.0. The summed E-state index contributed by atoms with van der Waals surface area (Å²) in [7, 11) is 0. The molecular weight excluding hydrogens is 359 g/mol. The number of amides is 1. The summed E-state index contributed by atoms with van der Waals surface area (Å²) in [6, 6.07) is 8.60. The van der Waals surface area contributed by atoms with E-state index in [0.717, 1.165) is 53.2 Å². The van der Waals surface area contributed by atoms with Gasteiger partial charge in [0.15, 0.2) is 0 Å². The number of ether oxygens (including phenoxy) is 1. The van der Waals surface area contributed by atoms with Crippen LogP contribution in [0.5, 0.6) is 5.75 Å². The molecule has 1 fully saturated rings. The molecule has 1 atom stereocenters. The van der Waals surface area contributed by atoms with Crippen LogP contribution in [0, 0.1) is 12.7 Å². The van der Waals surface area contributed by atoms with Gasteiger partial charge in [0.25, 0.3) is 0 Å². The fourth-order valence-corrected chi connectivity index (χ4v) is 4.11. The van der Waals surface area contributed by atoms with Crippen LogP contribution in [0.15, 0.2) is 30.3 Å². The lowest BCUT2D eigenvalue weighted by molar-refractivity contribution is -0.117. The Morgan fingerprint density at radius 3 is 3.04 bits per heavy atom. The summed E-state index contributed by atoms with van der Waals surface area (Å²) in [6.45, 7) is 3.16. The number of anilines is 2. The fraction of sp³-hybridized carbons (Fsp3) is 0.333. The maximum atomic E-state index is 13.6. The molecular formula is C21H21FN4O2. The van der Waals surface area contributed by atoms with Crippen molar-refractivity contribution in [3.05, 3.63) is 47.5 Å². The predicted octanol–water partition coefficient (Wildman–Crippen LogP) is 4.07. The minimum absolute atomic E-state index is 0.0194. The van der Waals surface area contributed by atoms with Crippen LogP contribution in [0.1, 0.15) is 36.7 Å².